The predicted octanol–water partition coefficient (Wildman–Crippen LogP) is 10.6. The van der Waals surface area contributed by atoms with E-state index in [-0.39, 0.29) is 0 Å². The second kappa shape index (κ2) is 9.01. The highest BCUT2D eigenvalue weighted by atomic mass is 35.5. The third kappa shape index (κ3) is 4.46. The Labute approximate surface area is 204 Å². The van der Waals surface area contributed by atoms with Crippen LogP contribution in [-0.2, 0) is 0 Å². The molecule has 0 aliphatic carbocycles. The van der Waals surface area contributed by atoms with Gasteiger partial charge in [0.05, 0.1) is 0 Å². The van der Waals surface area contributed by atoms with Crippen molar-refractivity contribution in [3.05, 3.63) is 103 Å². The van der Waals surface area contributed by atoms with E-state index in [0.717, 1.165) is 22.3 Å². The van der Waals surface area contributed by atoms with E-state index in [1.165, 1.54) is 0 Å². The zero-order valence-electron chi connectivity index (χ0n) is 15.2. The molecule has 0 saturated heterocycles. The van der Waals surface area contributed by atoms with Gasteiger partial charge in [0, 0.05) is 52.4 Å². The molecule has 0 aliphatic rings. The van der Waals surface area contributed by atoms with Gasteiger partial charge in [-0.15, -0.1) is 0 Å². The van der Waals surface area contributed by atoms with Crippen molar-refractivity contribution in [1.82, 2.24) is 0 Å². The maximum Gasteiger partial charge on any atom is 0.0492 e. The van der Waals surface area contributed by atoms with Gasteiger partial charge in [0.15, 0.2) is 0 Å². The van der Waals surface area contributed by atoms with Gasteiger partial charge >= 0.3 is 0 Å². The maximum atomic E-state index is 6.62. The van der Waals surface area contributed by atoms with Crippen molar-refractivity contribution < 1.29 is 0 Å². The van der Waals surface area contributed by atoms with Crippen LogP contribution in [0.5, 0.6) is 0 Å². The summed E-state index contributed by atoms with van der Waals surface area (Å²) in [5.41, 5.74) is 4.70. The minimum Gasteiger partial charge on any atom is -0.0843 e. The SMILES string of the molecule is Clc1cccc(-c2cc(Cl)c(-c3cc(Cl)c(-c4cccc(Cl)c4)cc3Cl)cc2Cl)c1. The summed E-state index contributed by atoms with van der Waals surface area (Å²) < 4.78 is 0. The van der Waals surface area contributed by atoms with Gasteiger partial charge in [-0.1, -0.05) is 93.9 Å². The van der Waals surface area contributed by atoms with Crippen molar-refractivity contribution in [1.29, 1.82) is 0 Å². The minimum absolute atomic E-state index is 0.503. The molecule has 4 rings (SSSR count). The topological polar surface area (TPSA) is 0 Å². The fraction of sp³-hybridized carbons (Fsp3) is 0. The van der Waals surface area contributed by atoms with Crippen molar-refractivity contribution in [2.75, 3.05) is 0 Å². The van der Waals surface area contributed by atoms with Gasteiger partial charge in [-0.2, -0.15) is 0 Å². The standard InChI is InChI=1S/C24H12Cl6/c25-15-5-1-3-13(7-15)17-9-23(29)19(11-21(17)27)20-12-22(28)18(10-24(20)30)14-4-2-6-16(26)8-14/h1-12H. The average Bonchev–Trinajstić information content (AvgIpc) is 2.71. The van der Waals surface area contributed by atoms with Crippen LogP contribution in [0.15, 0.2) is 72.8 Å². The minimum atomic E-state index is 0.503. The lowest BCUT2D eigenvalue weighted by molar-refractivity contribution is 1.57. The second-order valence-electron chi connectivity index (χ2n) is 6.64. The summed E-state index contributed by atoms with van der Waals surface area (Å²) in [4.78, 5) is 0. The van der Waals surface area contributed by atoms with Crippen LogP contribution in [0.3, 0.4) is 0 Å². The van der Waals surface area contributed by atoms with Gasteiger partial charge in [0.25, 0.3) is 0 Å². The molecule has 6 heteroatoms. The summed E-state index contributed by atoms with van der Waals surface area (Å²) in [5.74, 6) is 0. The van der Waals surface area contributed by atoms with Crippen molar-refractivity contribution in [3.63, 3.8) is 0 Å². The molecular weight excluding hydrogens is 501 g/mol. The van der Waals surface area contributed by atoms with E-state index >= 15 is 0 Å². The number of hydrogen-bond acceptors (Lipinski definition) is 0. The van der Waals surface area contributed by atoms with Gasteiger partial charge in [-0.05, 0) is 59.7 Å². The van der Waals surface area contributed by atoms with E-state index in [1.807, 2.05) is 36.4 Å². The fourth-order valence-corrected chi connectivity index (χ4v) is 4.72. The molecule has 0 unspecified atom stereocenters. The predicted molar refractivity (Wildman–Crippen MR) is 133 cm³/mol. The molecule has 0 aliphatic heterocycles. The lowest BCUT2D eigenvalue weighted by Crippen LogP contribution is -1.88. The van der Waals surface area contributed by atoms with E-state index in [0.29, 0.717) is 41.3 Å². The molecule has 0 N–H and O–H groups in total. The van der Waals surface area contributed by atoms with E-state index in [1.54, 1.807) is 36.4 Å². The first-order chi connectivity index (χ1) is 14.3. The molecule has 0 aromatic heterocycles. The molecule has 0 amide bonds. The van der Waals surface area contributed by atoms with Gasteiger partial charge in [-0.3, -0.25) is 0 Å². The molecule has 150 valence electrons. The van der Waals surface area contributed by atoms with Crippen LogP contribution in [0, 0.1) is 0 Å². The van der Waals surface area contributed by atoms with E-state index in [9.17, 15) is 0 Å². The zero-order chi connectivity index (χ0) is 21.4. The number of rotatable bonds is 3. The Hall–Kier alpha value is -1.38. The summed E-state index contributed by atoms with van der Waals surface area (Å²) >= 11 is 38.6. The Bertz CT molecular complexity index is 1160. The van der Waals surface area contributed by atoms with Crippen LogP contribution >= 0.6 is 69.6 Å². The summed E-state index contributed by atoms with van der Waals surface area (Å²) in [7, 11) is 0. The monoisotopic (exact) mass is 510 g/mol. The number of hydrogen-bond donors (Lipinski definition) is 0. The summed E-state index contributed by atoms with van der Waals surface area (Å²) in [6.07, 6.45) is 0. The fourth-order valence-electron chi connectivity index (χ4n) is 3.26. The smallest absolute Gasteiger partial charge is 0.0492 e. The first-order valence-corrected chi connectivity index (χ1v) is 11.1. The van der Waals surface area contributed by atoms with Crippen molar-refractivity contribution in [3.8, 4) is 33.4 Å². The Balaban J connectivity index is 1.81. The van der Waals surface area contributed by atoms with Crippen LogP contribution < -0.4 is 0 Å². The van der Waals surface area contributed by atoms with Crippen LogP contribution in [-0.4, -0.2) is 0 Å². The first-order valence-electron chi connectivity index (χ1n) is 8.84. The quantitative estimate of drug-likeness (QED) is 0.256. The first kappa shape index (κ1) is 21.8. The molecule has 0 nitrogen and oxygen atoms in total. The highest BCUT2D eigenvalue weighted by Crippen LogP contribution is 2.43. The number of benzene rings is 4. The summed E-state index contributed by atoms with van der Waals surface area (Å²) in [6, 6.07) is 22.0. The normalized spacial score (nSPS) is 11.0. The van der Waals surface area contributed by atoms with E-state index in [4.69, 9.17) is 69.6 Å². The van der Waals surface area contributed by atoms with Gasteiger partial charge in [0.2, 0.25) is 0 Å². The lowest BCUT2D eigenvalue weighted by atomic mass is 9.97. The van der Waals surface area contributed by atoms with Crippen molar-refractivity contribution in [2.45, 2.75) is 0 Å². The third-order valence-corrected chi connectivity index (χ3v) is 6.40. The van der Waals surface area contributed by atoms with Gasteiger partial charge in [-0.25, -0.2) is 0 Å². The molecular formula is C24H12Cl6. The summed E-state index contributed by atoms with van der Waals surface area (Å²) in [6.45, 7) is 0. The van der Waals surface area contributed by atoms with Crippen molar-refractivity contribution in [2.24, 2.45) is 0 Å². The molecule has 30 heavy (non-hydrogen) atoms. The molecule has 4 aromatic rings. The third-order valence-electron chi connectivity index (χ3n) is 4.67. The van der Waals surface area contributed by atoms with Gasteiger partial charge in [0.1, 0.15) is 0 Å². The molecule has 0 saturated carbocycles. The Morgan fingerprint density at radius 2 is 0.700 bits per heavy atom. The van der Waals surface area contributed by atoms with Gasteiger partial charge < -0.3 is 0 Å². The van der Waals surface area contributed by atoms with Crippen LogP contribution in [0.2, 0.25) is 30.1 Å². The molecule has 0 bridgehead atoms. The molecule has 0 atom stereocenters. The Morgan fingerprint density at radius 1 is 0.367 bits per heavy atom. The van der Waals surface area contributed by atoms with E-state index in [2.05, 4.69) is 0 Å². The number of halogens is 6. The van der Waals surface area contributed by atoms with Crippen LogP contribution in [0.1, 0.15) is 0 Å². The second-order valence-corrected chi connectivity index (χ2v) is 9.15. The Morgan fingerprint density at radius 3 is 1.07 bits per heavy atom. The van der Waals surface area contributed by atoms with Crippen molar-refractivity contribution >= 4 is 69.6 Å². The molecule has 0 heterocycles. The molecule has 0 spiro atoms. The average molecular weight is 513 g/mol. The largest absolute Gasteiger partial charge is 0.0843 e. The molecule has 0 fully saturated rings. The Kier molecular flexibility index (Phi) is 6.55. The summed E-state index contributed by atoms with van der Waals surface area (Å²) in [5, 5.41) is 3.31. The van der Waals surface area contributed by atoms with E-state index < -0.39 is 0 Å². The zero-order valence-corrected chi connectivity index (χ0v) is 19.7. The molecule has 4 aromatic carbocycles. The lowest BCUT2D eigenvalue weighted by Gasteiger charge is -2.14. The molecule has 0 radical (unpaired) electrons. The van der Waals surface area contributed by atoms with Crippen LogP contribution in [0.25, 0.3) is 33.4 Å². The maximum absolute atomic E-state index is 6.62. The highest BCUT2D eigenvalue weighted by molar-refractivity contribution is 6.40. The highest BCUT2D eigenvalue weighted by Gasteiger charge is 2.16. The van der Waals surface area contributed by atoms with Crippen LogP contribution in [0.4, 0.5) is 0 Å².